The van der Waals surface area contributed by atoms with Gasteiger partial charge in [-0.1, -0.05) is 55.4 Å². The van der Waals surface area contributed by atoms with Gasteiger partial charge in [-0.25, -0.2) is 4.98 Å². The van der Waals surface area contributed by atoms with Crippen LogP contribution >= 0.6 is 0 Å². The van der Waals surface area contributed by atoms with Crippen LogP contribution in [0.2, 0.25) is 0 Å². The lowest BCUT2D eigenvalue weighted by Gasteiger charge is -2.12. The van der Waals surface area contributed by atoms with Gasteiger partial charge in [0.05, 0.1) is 22.4 Å². The Morgan fingerprint density at radius 3 is 2.50 bits per heavy atom. The molecule has 0 saturated heterocycles. The van der Waals surface area contributed by atoms with Crippen LogP contribution in [0.5, 0.6) is 0 Å². The summed E-state index contributed by atoms with van der Waals surface area (Å²) in [6, 6.07) is 18.7. The molecule has 0 fully saturated rings. The van der Waals surface area contributed by atoms with Gasteiger partial charge in [0, 0.05) is 34.4 Å². The minimum Gasteiger partial charge on any atom is -0.361 e. The summed E-state index contributed by atoms with van der Waals surface area (Å²) in [6.07, 6.45) is 2.87. The number of pyridine rings is 1. The second kappa shape index (κ2) is 8.08. The van der Waals surface area contributed by atoms with E-state index in [9.17, 15) is 0 Å². The topological polar surface area (TPSA) is 67.6 Å². The van der Waals surface area contributed by atoms with Gasteiger partial charge in [-0.2, -0.15) is 0 Å². The van der Waals surface area contributed by atoms with Crippen molar-refractivity contribution < 1.29 is 4.52 Å². The highest BCUT2D eigenvalue weighted by molar-refractivity contribution is 5.99. The van der Waals surface area contributed by atoms with Crippen molar-refractivity contribution in [2.24, 2.45) is 0 Å². The Morgan fingerprint density at radius 1 is 0.969 bits per heavy atom. The number of H-pyrrole nitrogens is 1. The SMILES string of the molecule is CCC(C)c1nc2c(-c3cccnc3-c3ccccc3)cc(-c3c(C)noc3C)cc2[nH]1. The van der Waals surface area contributed by atoms with Crippen LogP contribution in [0.15, 0.2) is 65.3 Å². The molecule has 2 aromatic carbocycles. The Morgan fingerprint density at radius 2 is 1.78 bits per heavy atom. The van der Waals surface area contributed by atoms with E-state index < -0.39 is 0 Å². The molecule has 0 bridgehead atoms. The van der Waals surface area contributed by atoms with E-state index in [1.165, 1.54) is 0 Å². The Balaban J connectivity index is 1.82. The van der Waals surface area contributed by atoms with Crippen LogP contribution in [0.25, 0.3) is 44.5 Å². The second-order valence-corrected chi connectivity index (χ2v) is 8.32. The Bertz CT molecular complexity index is 1380. The summed E-state index contributed by atoms with van der Waals surface area (Å²) in [7, 11) is 0. The normalized spacial score (nSPS) is 12.4. The van der Waals surface area contributed by atoms with Gasteiger partial charge in [0.1, 0.15) is 11.6 Å². The lowest BCUT2D eigenvalue weighted by molar-refractivity contribution is 0.393. The van der Waals surface area contributed by atoms with E-state index in [2.05, 4.69) is 54.3 Å². The number of fused-ring (bicyclic) bond motifs is 1. The monoisotopic (exact) mass is 422 g/mol. The minimum absolute atomic E-state index is 0.347. The molecule has 1 atom stereocenters. The van der Waals surface area contributed by atoms with E-state index in [-0.39, 0.29) is 0 Å². The van der Waals surface area contributed by atoms with Crippen molar-refractivity contribution in [3.63, 3.8) is 0 Å². The third-order valence-corrected chi connectivity index (χ3v) is 6.15. The predicted molar refractivity (Wildman–Crippen MR) is 128 cm³/mol. The van der Waals surface area contributed by atoms with E-state index in [0.717, 1.165) is 68.2 Å². The van der Waals surface area contributed by atoms with Crippen LogP contribution in [0, 0.1) is 13.8 Å². The number of hydrogen-bond acceptors (Lipinski definition) is 4. The van der Waals surface area contributed by atoms with Gasteiger partial charge in [0.2, 0.25) is 0 Å². The third kappa shape index (κ3) is 3.40. The van der Waals surface area contributed by atoms with Crippen molar-refractivity contribution in [3.8, 4) is 33.5 Å². The van der Waals surface area contributed by atoms with Crippen LogP contribution in [-0.4, -0.2) is 20.1 Å². The van der Waals surface area contributed by atoms with Crippen LogP contribution < -0.4 is 0 Å². The Kier molecular flexibility index (Phi) is 5.10. The predicted octanol–water partition coefficient (Wildman–Crippen LogP) is 7.08. The number of imidazole rings is 1. The maximum atomic E-state index is 5.47. The fourth-order valence-corrected chi connectivity index (χ4v) is 4.26. The van der Waals surface area contributed by atoms with Gasteiger partial charge >= 0.3 is 0 Å². The summed E-state index contributed by atoms with van der Waals surface area (Å²) >= 11 is 0. The molecule has 0 saturated carbocycles. The molecule has 5 heteroatoms. The number of aryl methyl sites for hydroxylation is 2. The summed E-state index contributed by atoms with van der Waals surface area (Å²) in [5, 5.41) is 4.17. The first-order valence-electron chi connectivity index (χ1n) is 11.0. The molecule has 0 aliphatic heterocycles. The molecule has 0 radical (unpaired) electrons. The smallest absolute Gasteiger partial charge is 0.141 e. The molecule has 160 valence electrons. The molecule has 5 nitrogen and oxygen atoms in total. The van der Waals surface area contributed by atoms with Crippen molar-refractivity contribution >= 4 is 11.0 Å². The van der Waals surface area contributed by atoms with Gasteiger partial charge in [-0.3, -0.25) is 4.98 Å². The molecule has 3 aromatic heterocycles. The average molecular weight is 423 g/mol. The number of rotatable bonds is 5. The summed E-state index contributed by atoms with van der Waals surface area (Å²) < 4.78 is 5.47. The molecule has 1 unspecified atom stereocenters. The Hall–Kier alpha value is -3.73. The molecular formula is C27H26N4O. The zero-order valence-electron chi connectivity index (χ0n) is 18.8. The molecule has 1 N–H and O–H groups in total. The van der Waals surface area contributed by atoms with E-state index in [1.54, 1.807) is 0 Å². The van der Waals surface area contributed by atoms with Gasteiger partial charge in [-0.05, 0) is 44.0 Å². The highest BCUT2D eigenvalue weighted by Crippen LogP contribution is 2.39. The highest BCUT2D eigenvalue weighted by atomic mass is 16.5. The quantitative estimate of drug-likeness (QED) is 0.329. The van der Waals surface area contributed by atoms with E-state index in [1.807, 2.05) is 44.3 Å². The summed E-state index contributed by atoms with van der Waals surface area (Å²) in [6.45, 7) is 8.32. The van der Waals surface area contributed by atoms with Crippen LogP contribution in [0.1, 0.15) is 43.5 Å². The summed E-state index contributed by atoms with van der Waals surface area (Å²) in [5.74, 6) is 2.16. The van der Waals surface area contributed by atoms with Crippen LogP contribution in [0.4, 0.5) is 0 Å². The van der Waals surface area contributed by atoms with E-state index in [4.69, 9.17) is 14.5 Å². The van der Waals surface area contributed by atoms with Crippen molar-refractivity contribution in [2.75, 3.05) is 0 Å². The first kappa shape index (κ1) is 20.2. The van der Waals surface area contributed by atoms with Gasteiger partial charge in [0.25, 0.3) is 0 Å². The van der Waals surface area contributed by atoms with Crippen LogP contribution in [-0.2, 0) is 0 Å². The summed E-state index contributed by atoms with van der Waals surface area (Å²) in [5.41, 5.74) is 9.06. The van der Waals surface area contributed by atoms with Gasteiger partial charge in [-0.15, -0.1) is 0 Å². The summed E-state index contributed by atoms with van der Waals surface area (Å²) in [4.78, 5) is 13.4. The Labute approximate surface area is 187 Å². The standard InChI is InChI=1S/C27H26N4O/c1-5-16(2)27-29-23-15-20(24-17(3)31-32-18(24)4)14-22(26(23)30-27)21-12-9-13-28-25(21)19-10-7-6-8-11-19/h6-16H,5H2,1-4H3,(H,29,30). The lowest BCUT2D eigenvalue weighted by Crippen LogP contribution is -1.93. The van der Waals surface area contributed by atoms with Crippen molar-refractivity contribution in [3.05, 3.63) is 78.1 Å². The number of aromatic amines is 1. The number of nitrogens with one attached hydrogen (secondary N) is 1. The second-order valence-electron chi connectivity index (χ2n) is 8.32. The fraction of sp³-hybridized carbons (Fsp3) is 0.222. The van der Waals surface area contributed by atoms with Gasteiger partial charge in [0.15, 0.2) is 0 Å². The highest BCUT2D eigenvalue weighted by Gasteiger charge is 2.20. The number of aromatic nitrogens is 4. The molecule has 32 heavy (non-hydrogen) atoms. The number of hydrogen-bond donors (Lipinski definition) is 1. The maximum absolute atomic E-state index is 5.47. The first-order valence-corrected chi connectivity index (χ1v) is 11.0. The molecule has 5 rings (SSSR count). The minimum atomic E-state index is 0.347. The molecular weight excluding hydrogens is 396 g/mol. The average Bonchev–Trinajstić information content (AvgIpc) is 3.41. The van der Waals surface area contributed by atoms with Crippen molar-refractivity contribution in [1.29, 1.82) is 0 Å². The molecule has 3 heterocycles. The zero-order valence-corrected chi connectivity index (χ0v) is 18.8. The number of nitrogens with zero attached hydrogens (tertiary/aromatic N) is 3. The molecule has 0 amide bonds. The molecule has 5 aromatic rings. The van der Waals surface area contributed by atoms with E-state index in [0.29, 0.717) is 5.92 Å². The third-order valence-electron chi connectivity index (χ3n) is 6.15. The number of benzene rings is 2. The first-order chi connectivity index (χ1) is 15.6. The molecule has 0 spiro atoms. The van der Waals surface area contributed by atoms with E-state index >= 15 is 0 Å². The lowest BCUT2D eigenvalue weighted by atomic mass is 9.94. The zero-order chi connectivity index (χ0) is 22.2. The van der Waals surface area contributed by atoms with Crippen molar-refractivity contribution in [1.82, 2.24) is 20.1 Å². The largest absolute Gasteiger partial charge is 0.361 e. The maximum Gasteiger partial charge on any atom is 0.141 e. The molecule has 0 aliphatic carbocycles. The van der Waals surface area contributed by atoms with Crippen LogP contribution in [0.3, 0.4) is 0 Å². The van der Waals surface area contributed by atoms with Gasteiger partial charge < -0.3 is 9.51 Å². The fourth-order valence-electron chi connectivity index (χ4n) is 4.26. The molecule has 0 aliphatic rings. The van der Waals surface area contributed by atoms with Crippen molar-refractivity contribution in [2.45, 2.75) is 40.0 Å².